The van der Waals surface area contributed by atoms with Crippen LogP contribution in [-0.2, 0) is 0 Å². The van der Waals surface area contributed by atoms with Gasteiger partial charge in [0.25, 0.3) is 0 Å². The van der Waals surface area contributed by atoms with Gasteiger partial charge in [0.1, 0.15) is 0 Å². The highest BCUT2D eigenvalue weighted by Crippen LogP contribution is 2.47. The Morgan fingerprint density at radius 1 is 1.53 bits per heavy atom. The molecule has 0 saturated heterocycles. The Kier molecular flexibility index (Phi) is 3.16. The molecule has 0 bridgehead atoms. The Hall–Kier alpha value is -0.350. The van der Waals surface area contributed by atoms with E-state index < -0.39 is 0 Å². The van der Waals surface area contributed by atoms with Gasteiger partial charge in [-0.05, 0) is 53.2 Å². The van der Waals surface area contributed by atoms with Crippen molar-refractivity contribution in [2.24, 2.45) is 0 Å². The van der Waals surface area contributed by atoms with Gasteiger partial charge in [-0.15, -0.1) is 0 Å². The second kappa shape index (κ2) is 4.26. The average molecular weight is 287 g/mol. The Morgan fingerprint density at radius 3 is 2.80 bits per heavy atom. The van der Waals surface area contributed by atoms with Crippen molar-refractivity contribution in [3.8, 4) is 0 Å². The fourth-order valence-electron chi connectivity index (χ4n) is 1.52. The number of nitrogens with one attached hydrogen (secondary N) is 1. The van der Waals surface area contributed by atoms with Crippen LogP contribution >= 0.6 is 27.7 Å². The number of nitrogen functional groups attached to an aromatic ring is 1. The monoisotopic (exact) mass is 286 g/mol. The molecule has 0 atom stereocenters. The molecule has 82 valence electrons. The van der Waals surface area contributed by atoms with Crippen molar-refractivity contribution in [1.82, 2.24) is 0 Å². The minimum Gasteiger partial charge on any atom is -0.399 e. The van der Waals surface area contributed by atoms with Gasteiger partial charge in [-0.1, -0.05) is 0 Å². The van der Waals surface area contributed by atoms with Crippen molar-refractivity contribution in [1.29, 1.82) is 0 Å². The number of rotatable bonds is 4. The maximum Gasteiger partial charge on any atom is 0.0486 e. The van der Waals surface area contributed by atoms with Gasteiger partial charge in [0.05, 0.1) is 0 Å². The number of anilines is 2. The Balaban J connectivity index is 1.99. The quantitative estimate of drug-likeness (QED) is 0.834. The summed E-state index contributed by atoms with van der Waals surface area (Å²) in [4.78, 5) is 0. The Labute approximate surface area is 103 Å². The highest BCUT2D eigenvalue weighted by atomic mass is 79.9. The van der Waals surface area contributed by atoms with Crippen LogP contribution in [0, 0.1) is 0 Å². The van der Waals surface area contributed by atoms with E-state index in [0.717, 1.165) is 22.4 Å². The molecule has 2 rings (SSSR count). The van der Waals surface area contributed by atoms with Crippen LogP contribution < -0.4 is 11.1 Å². The summed E-state index contributed by atoms with van der Waals surface area (Å²) >= 11 is 5.47. The molecule has 0 aromatic heterocycles. The molecule has 2 nitrogen and oxygen atoms in total. The summed E-state index contributed by atoms with van der Waals surface area (Å²) in [5.41, 5.74) is 7.61. The van der Waals surface area contributed by atoms with Gasteiger partial charge < -0.3 is 11.1 Å². The van der Waals surface area contributed by atoms with Gasteiger partial charge in [0, 0.05) is 27.1 Å². The maximum atomic E-state index is 5.69. The highest BCUT2D eigenvalue weighted by molar-refractivity contribution is 9.10. The lowest BCUT2D eigenvalue weighted by Gasteiger charge is -2.15. The zero-order valence-corrected chi connectivity index (χ0v) is 11.1. The van der Waals surface area contributed by atoms with Crippen LogP contribution in [0.25, 0.3) is 0 Å². The van der Waals surface area contributed by atoms with E-state index in [-0.39, 0.29) is 0 Å². The Bertz CT molecular complexity index is 364. The summed E-state index contributed by atoms with van der Waals surface area (Å²) in [5.74, 6) is 0. The molecule has 1 aliphatic rings. The van der Waals surface area contributed by atoms with Crippen LogP contribution in [0.4, 0.5) is 11.4 Å². The molecule has 0 radical (unpaired) electrons. The first-order valence-electron chi connectivity index (χ1n) is 4.99. The predicted octanol–water partition coefficient (Wildman–Crippen LogP) is 3.34. The van der Waals surface area contributed by atoms with Crippen LogP contribution in [0.15, 0.2) is 22.7 Å². The molecule has 3 N–H and O–H groups in total. The summed E-state index contributed by atoms with van der Waals surface area (Å²) in [5, 5.41) is 3.47. The molecule has 0 amide bonds. The second-order valence-corrected chi connectivity index (χ2v) is 6.11. The van der Waals surface area contributed by atoms with Gasteiger partial charge in [0.2, 0.25) is 0 Å². The molecule has 0 unspecified atom stereocenters. The smallest absolute Gasteiger partial charge is 0.0486 e. The van der Waals surface area contributed by atoms with Crippen molar-refractivity contribution in [2.75, 3.05) is 23.9 Å². The lowest BCUT2D eigenvalue weighted by molar-refractivity contribution is 0.948. The van der Waals surface area contributed by atoms with Gasteiger partial charge in [-0.25, -0.2) is 0 Å². The number of halogens is 1. The van der Waals surface area contributed by atoms with E-state index in [9.17, 15) is 0 Å². The molecule has 0 heterocycles. The van der Waals surface area contributed by atoms with E-state index in [4.69, 9.17) is 5.73 Å². The fourth-order valence-corrected chi connectivity index (χ4v) is 2.79. The number of benzene rings is 1. The normalized spacial score (nSPS) is 17.5. The number of nitrogens with two attached hydrogens (primary N) is 1. The number of hydrogen-bond acceptors (Lipinski definition) is 3. The third kappa shape index (κ3) is 2.61. The van der Waals surface area contributed by atoms with E-state index in [2.05, 4.69) is 27.5 Å². The zero-order valence-electron chi connectivity index (χ0n) is 8.72. The van der Waals surface area contributed by atoms with E-state index in [1.807, 2.05) is 30.0 Å². The Morgan fingerprint density at radius 2 is 2.27 bits per heavy atom. The predicted molar refractivity (Wildman–Crippen MR) is 72.5 cm³/mol. The van der Waals surface area contributed by atoms with E-state index in [0.29, 0.717) is 4.75 Å². The van der Waals surface area contributed by atoms with Crippen LogP contribution in [-0.4, -0.2) is 17.5 Å². The molecule has 1 saturated carbocycles. The van der Waals surface area contributed by atoms with Crippen LogP contribution in [0.2, 0.25) is 0 Å². The first-order chi connectivity index (χ1) is 7.15. The number of thioether (sulfide) groups is 1. The highest BCUT2D eigenvalue weighted by Gasteiger charge is 2.41. The molecule has 1 aliphatic carbocycles. The molecule has 1 aromatic rings. The summed E-state index contributed by atoms with van der Waals surface area (Å²) < 4.78 is 1.53. The third-order valence-corrected chi connectivity index (χ3v) is 4.91. The molecule has 0 spiro atoms. The minimum atomic E-state index is 0.487. The van der Waals surface area contributed by atoms with E-state index >= 15 is 0 Å². The minimum absolute atomic E-state index is 0.487. The number of hydrogen-bond donors (Lipinski definition) is 2. The lowest BCUT2D eigenvalue weighted by Crippen LogP contribution is -2.17. The first-order valence-corrected chi connectivity index (χ1v) is 7.01. The van der Waals surface area contributed by atoms with Gasteiger partial charge in [-0.3, -0.25) is 0 Å². The first kappa shape index (κ1) is 11.1. The van der Waals surface area contributed by atoms with Crippen LogP contribution in [0.5, 0.6) is 0 Å². The van der Waals surface area contributed by atoms with Crippen LogP contribution in [0.3, 0.4) is 0 Å². The van der Waals surface area contributed by atoms with Gasteiger partial charge >= 0.3 is 0 Å². The molecule has 1 fully saturated rings. The maximum absolute atomic E-state index is 5.69. The molecule has 15 heavy (non-hydrogen) atoms. The molecular weight excluding hydrogens is 272 g/mol. The zero-order chi connectivity index (χ0) is 10.9. The summed E-state index contributed by atoms with van der Waals surface area (Å²) in [6, 6.07) is 5.88. The molecule has 4 heteroatoms. The molecule has 1 aromatic carbocycles. The van der Waals surface area contributed by atoms with Crippen molar-refractivity contribution in [3.05, 3.63) is 22.7 Å². The van der Waals surface area contributed by atoms with Gasteiger partial charge in [0.15, 0.2) is 0 Å². The lowest BCUT2D eigenvalue weighted by atomic mass is 10.3. The molecule has 0 aliphatic heterocycles. The van der Waals surface area contributed by atoms with Crippen molar-refractivity contribution in [3.63, 3.8) is 0 Å². The van der Waals surface area contributed by atoms with Gasteiger partial charge in [-0.2, -0.15) is 11.8 Å². The van der Waals surface area contributed by atoms with E-state index in [1.54, 1.807) is 0 Å². The topological polar surface area (TPSA) is 38.0 Å². The summed E-state index contributed by atoms with van der Waals surface area (Å²) in [7, 11) is 0. The largest absolute Gasteiger partial charge is 0.399 e. The second-order valence-electron chi connectivity index (χ2n) is 3.98. The van der Waals surface area contributed by atoms with E-state index in [1.165, 1.54) is 12.8 Å². The molecular formula is C11H15BrN2S. The summed E-state index contributed by atoms with van der Waals surface area (Å²) in [6.45, 7) is 1.04. The SMILES string of the molecule is CSC1(CNc2ccc(N)cc2Br)CC1. The average Bonchev–Trinajstić information content (AvgIpc) is 2.97. The fraction of sp³-hybridized carbons (Fsp3) is 0.455. The van der Waals surface area contributed by atoms with Crippen molar-refractivity contribution in [2.45, 2.75) is 17.6 Å². The van der Waals surface area contributed by atoms with Crippen molar-refractivity contribution >= 4 is 39.1 Å². The third-order valence-electron chi connectivity index (χ3n) is 2.83. The van der Waals surface area contributed by atoms with Crippen molar-refractivity contribution < 1.29 is 0 Å². The standard InChI is InChI=1S/C11H15BrN2S/c1-15-11(4-5-11)7-14-10-3-2-8(13)6-9(10)12/h2-3,6,14H,4-5,7,13H2,1H3. The van der Waals surface area contributed by atoms with Crippen LogP contribution in [0.1, 0.15) is 12.8 Å². The summed E-state index contributed by atoms with van der Waals surface area (Å²) in [6.07, 6.45) is 4.84.